The van der Waals surface area contributed by atoms with Gasteiger partial charge in [-0.2, -0.15) is 0 Å². The lowest BCUT2D eigenvalue weighted by molar-refractivity contribution is 0.485. The van der Waals surface area contributed by atoms with E-state index in [2.05, 4.69) is 25.7 Å². The van der Waals surface area contributed by atoms with Crippen molar-refractivity contribution >= 4 is 17.3 Å². The predicted molar refractivity (Wildman–Crippen MR) is 77.9 cm³/mol. The minimum absolute atomic E-state index is 0.203. The third-order valence-electron chi connectivity index (χ3n) is 3.48. The summed E-state index contributed by atoms with van der Waals surface area (Å²) in [5.41, 5.74) is 1.79. The molecule has 0 fully saturated rings. The van der Waals surface area contributed by atoms with E-state index in [9.17, 15) is 4.39 Å². The highest BCUT2D eigenvalue weighted by Gasteiger charge is 2.12. The molecule has 1 aromatic rings. The molecule has 0 spiro atoms. The van der Waals surface area contributed by atoms with Crippen LogP contribution in [0.5, 0.6) is 0 Å². The normalized spacial score (nSPS) is 11.0. The summed E-state index contributed by atoms with van der Waals surface area (Å²) in [6.45, 7) is 8.39. The summed E-state index contributed by atoms with van der Waals surface area (Å²) in [5.74, 6) is 0.812. The molecule has 0 saturated carbocycles. The first-order chi connectivity index (χ1) is 8.64. The molecule has 0 radical (unpaired) electrons. The van der Waals surface area contributed by atoms with Crippen LogP contribution < -0.4 is 4.90 Å². The lowest BCUT2D eigenvalue weighted by Crippen LogP contribution is -2.29. The topological polar surface area (TPSA) is 3.24 Å². The van der Waals surface area contributed by atoms with E-state index in [1.807, 2.05) is 6.07 Å². The highest BCUT2D eigenvalue weighted by Crippen LogP contribution is 2.22. The van der Waals surface area contributed by atoms with Gasteiger partial charge in [-0.05, 0) is 36.6 Å². The van der Waals surface area contributed by atoms with E-state index in [1.54, 1.807) is 6.07 Å². The van der Waals surface area contributed by atoms with Crippen LogP contribution in [0, 0.1) is 11.7 Å². The minimum Gasteiger partial charge on any atom is -0.371 e. The molecule has 3 heteroatoms. The van der Waals surface area contributed by atoms with Gasteiger partial charge < -0.3 is 4.90 Å². The van der Waals surface area contributed by atoms with E-state index in [0.29, 0.717) is 11.8 Å². The molecule has 0 heterocycles. The summed E-state index contributed by atoms with van der Waals surface area (Å²) >= 11 is 5.79. The minimum atomic E-state index is -0.203. The summed E-state index contributed by atoms with van der Waals surface area (Å²) in [6.07, 6.45) is 2.31. The van der Waals surface area contributed by atoms with Gasteiger partial charge in [-0.3, -0.25) is 0 Å². The third-order valence-corrected chi connectivity index (χ3v) is 3.79. The van der Waals surface area contributed by atoms with Crippen molar-refractivity contribution in [3.05, 3.63) is 29.6 Å². The first kappa shape index (κ1) is 15.3. The summed E-state index contributed by atoms with van der Waals surface area (Å²) < 4.78 is 13.5. The Morgan fingerprint density at radius 3 is 2.33 bits per heavy atom. The fourth-order valence-corrected chi connectivity index (χ4v) is 2.32. The van der Waals surface area contributed by atoms with Gasteiger partial charge in [0.1, 0.15) is 5.82 Å². The van der Waals surface area contributed by atoms with Gasteiger partial charge in [0.15, 0.2) is 0 Å². The van der Waals surface area contributed by atoms with Crippen LogP contribution in [-0.4, -0.2) is 13.1 Å². The molecular formula is C15H23ClFN. The predicted octanol–water partition coefficient (Wildman–Crippen LogP) is 4.83. The first-order valence-electron chi connectivity index (χ1n) is 6.74. The van der Waals surface area contributed by atoms with Gasteiger partial charge in [0, 0.05) is 24.7 Å². The van der Waals surface area contributed by atoms with E-state index < -0.39 is 0 Å². The van der Waals surface area contributed by atoms with E-state index in [-0.39, 0.29) is 5.82 Å². The van der Waals surface area contributed by atoms with Crippen LogP contribution in [0.25, 0.3) is 0 Å². The van der Waals surface area contributed by atoms with Crippen molar-refractivity contribution in [2.75, 3.05) is 18.0 Å². The van der Waals surface area contributed by atoms with Gasteiger partial charge in [-0.25, -0.2) is 4.39 Å². The Balaban J connectivity index is 2.90. The van der Waals surface area contributed by atoms with Crippen LogP contribution in [0.3, 0.4) is 0 Å². The number of rotatable bonds is 7. The molecule has 0 unspecified atom stereocenters. The third kappa shape index (κ3) is 4.16. The molecule has 0 N–H and O–H groups in total. The molecule has 0 aliphatic rings. The van der Waals surface area contributed by atoms with Crippen molar-refractivity contribution in [3.63, 3.8) is 0 Å². The number of nitrogens with zero attached hydrogens (tertiary/aromatic N) is 1. The quantitative estimate of drug-likeness (QED) is 0.642. The zero-order chi connectivity index (χ0) is 13.5. The molecule has 1 rings (SSSR count). The lowest BCUT2D eigenvalue weighted by atomic mass is 10.0. The van der Waals surface area contributed by atoms with E-state index in [0.717, 1.165) is 37.2 Å². The van der Waals surface area contributed by atoms with Crippen LogP contribution in [0.1, 0.15) is 39.2 Å². The second kappa shape index (κ2) is 7.63. The fraction of sp³-hybridized carbons (Fsp3) is 0.600. The summed E-state index contributed by atoms with van der Waals surface area (Å²) in [6, 6.07) is 5.09. The van der Waals surface area contributed by atoms with Gasteiger partial charge in [-0.15, -0.1) is 11.6 Å². The monoisotopic (exact) mass is 271 g/mol. The Bertz CT molecular complexity index is 364. The van der Waals surface area contributed by atoms with Crippen molar-refractivity contribution in [2.45, 2.75) is 39.5 Å². The number of halogens is 2. The maximum Gasteiger partial charge on any atom is 0.125 e. The zero-order valence-corrected chi connectivity index (χ0v) is 12.3. The fourth-order valence-electron chi connectivity index (χ4n) is 2.17. The molecule has 0 amide bonds. The molecule has 1 aromatic carbocycles. The van der Waals surface area contributed by atoms with Gasteiger partial charge in [0.05, 0.1) is 0 Å². The molecule has 18 heavy (non-hydrogen) atoms. The molecule has 0 aliphatic carbocycles. The maximum atomic E-state index is 13.5. The summed E-state index contributed by atoms with van der Waals surface area (Å²) in [5, 5.41) is 0. The maximum absolute atomic E-state index is 13.5. The average Bonchev–Trinajstić information content (AvgIpc) is 2.39. The number of hydrogen-bond acceptors (Lipinski definition) is 1. The Hall–Kier alpha value is -0.760. The molecule has 0 atom stereocenters. The van der Waals surface area contributed by atoms with Crippen LogP contribution in [0.2, 0.25) is 0 Å². The Kier molecular flexibility index (Phi) is 6.48. The van der Waals surface area contributed by atoms with Gasteiger partial charge in [-0.1, -0.05) is 26.7 Å². The molecule has 0 aromatic heterocycles. The standard InChI is InChI=1S/C15H23ClFN/c1-4-12(5-2)11-18(6-3)15-8-13(10-16)7-14(17)9-15/h7-9,12H,4-6,10-11H2,1-3H3. The summed E-state index contributed by atoms with van der Waals surface area (Å²) in [4.78, 5) is 2.23. The molecule has 102 valence electrons. The average molecular weight is 272 g/mol. The highest BCUT2D eigenvalue weighted by atomic mass is 35.5. The molecule has 0 bridgehead atoms. The second-order valence-corrected chi connectivity index (χ2v) is 4.94. The van der Waals surface area contributed by atoms with E-state index >= 15 is 0 Å². The highest BCUT2D eigenvalue weighted by molar-refractivity contribution is 6.17. The number of anilines is 1. The van der Waals surface area contributed by atoms with Crippen LogP contribution in [0.4, 0.5) is 10.1 Å². The smallest absolute Gasteiger partial charge is 0.125 e. The van der Waals surface area contributed by atoms with Crippen LogP contribution in [-0.2, 0) is 5.88 Å². The van der Waals surface area contributed by atoms with Crippen molar-refractivity contribution in [1.82, 2.24) is 0 Å². The first-order valence-corrected chi connectivity index (χ1v) is 7.28. The van der Waals surface area contributed by atoms with Crippen LogP contribution in [0.15, 0.2) is 18.2 Å². The van der Waals surface area contributed by atoms with Crippen LogP contribution >= 0.6 is 11.6 Å². The number of alkyl halides is 1. The van der Waals surface area contributed by atoms with Crippen molar-refractivity contribution < 1.29 is 4.39 Å². The Labute approximate surface area is 115 Å². The Morgan fingerprint density at radius 2 is 1.83 bits per heavy atom. The van der Waals surface area contributed by atoms with Crippen molar-refractivity contribution in [3.8, 4) is 0 Å². The SMILES string of the molecule is CCC(CC)CN(CC)c1cc(F)cc(CCl)c1. The largest absolute Gasteiger partial charge is 0.371 e. The van der Waals surface area contributed by atoms with E-state index in [1.165, 1.54) is 6.07 Å². The lowest BCUT2D eigenvalue weighted by Gasteiger charge is -2.27. The number of hydrogen-bond donors (Lipinski definition) is 0. The van der Waals surface area contributed by atoms with Gasteiger partial charge in [0.25, 0.3) is 0 Å². The molecule has 1 nitrogen and oxygen atoms in total. The molecule has 0 saturated heterocycles. The van der Waals surface area contributed by atoms with E-state index in [4.69, 9.17) is 11.6 Å². The zero-order valence-electron chi connectivity index (χ0n) is 11.5. The van der Waals surface area contributed by atoms with Gasteiger partial charge in [0.2, 0.25) is 0 Å². The second-order valence-electron chi connectivity index (χ2n) is 4.67. The summed E-state index contributed by atoms with van der Waals surface area (Å²) in [7, 11) is 0. The van der Waals surface area contributed by atoms with Gasteiger partial charge >= 0.3 is 0 Å². The van der Waals surface area contributed by atoms with Crippen molar-refractivity contribution in [2.24, 2.45) is 5.92 Å². The Morgan fingerprint density at radius 1 is 1.17 bits per heavy atom. The molecule has 0 aliphatic heterocycles. The molecular weight excluding hydrogens is 249 g/mol. The van der Waals surface area contributed by atoms with Crippen molar-refractivity contribution in [1.29, 1.82) is 0 Å². The number of benzene rings is 1.